The van der Waals surface area contributed by atoms with E-state index >= 15 is 0 Å². The van der Waals surface area contributed by atoms with Crippen molar-refractivity contribution in [2.75, 3.05) is 11.9 Å². The van der Waals surface area contributed by atoms with Crippen molar-refractivity contribution in [3.63, 3.8) is 0 Å². The zero-order valence-corrected chi connectivity index (χ0v) is 8.99. The molecule has 1 N–H and O–H groups in total. The average molecular weight is 205 g/mol. The van der Waals surface area contributed by atoms with E-state index in [1.165, 1.54) is 11.6 Å². The summed E-state index contributed by atoms with van der Waals surface area (Å²) in [7, 11) is 0. The number of carbonyl (C=O) groups excluding carboxylic acids is 1. The normalized spacial score (nSPS) is 10.3. The molecule has 0 saturated carbocycles. The van der Waals surface area contributed by atoms with E-state index in [2.05, 4.69) is 5.32 Å². The summed E-state index contributed by atoms with van der Waals surface area (Å²) in [5, 5.41) is 2.98. The lowest BCUT2D eigenvalue weighted by atomic mass is 10.2. The van der Waals surface area contributed by atoms with Crippen LogP contribution in [0.3, 0.4) is 0 Å². The Hall–Kier alpha value is -1.77. The van der Waals surface area contributed by atoms with Gasteiger partial charge in [-0.3, -0.25) is 0 Å². The largest absolute Gasteiger partial charge is 0.463 e. The van der Waals surface area contributed by atoms with Crippen molar-refractivity contribution < 1.29 is 9.53 Å². The fraction of sp³-hybridized carbons (Fsp3) is 0.250. The smallest absolute Gasteiger partial charge is 0.332 e. The van der Waals surface area contributed by atoms with Crippen molar-refractivity contribution in [3.8, 4) is 0 Å². The van der Waals surface area contributed by atoms with Gasteiger partial charge in [-0.2, -0.15) is 0 Å². The third-order valence-corrected chi connectivity index (χ3v) is 1.81. The molecule has 15 heavy (non-hydrogen) atoms. The molecule has 0 spiro atoms. The van der Waals surface area contributed by atoms with E-state index in [-0.39, 0.29) is 5.97 Å². The van der Waals surface area contributed by atoms with Crippen molar-refractivity contribution in [3.05, 3.63) is 42.1 Å². The van der Waals surface area contributed by atoms with Crippen LogP contribution in [0.25, 0.3) is 0 Å². The van der Waals surface area contributed by atoms with Gasteiger partial charge in [-0.05, 0) is 26.0 Å². The van der Waals surface area contributed by atoms with E-state index < -0.39 is 0 Å². The van der Waals surface area contributed by atoms with Crippen LogP contribution < -0.4 is 5.32 Å². The maximum atomic E-state index is 10.9. The molecule has 80 valence electrons. The van der Waals surface area contributed by atoms with Crippen molar-refractivity contribution in [1.29, 1.82) is 0 Å². The molecule has 1 aromatic carbocycles. The zero-order valence-electron chi connectivity index (χ0n) is 8.99. The van der Waals surface area contributed by atoms with Gasteiger partial charge in [0, 0.05) is 18.0 Å². The fourth-order valence-electron chi connectivity index (χ4n) is 1.05. The standard InChI is InChI=1S/C12H15NO2/c1-3-15-12(14)8-9-13-11-6-4-10(2)5-7-11/h4-9,13H,3H2,1-2H3. The van der Waals surface area contributed by atoms with E-state index in [0.717, 1.165) is 5.69 Å². The summed E-state index contributed by atoms with van der Waals surface area (Å²) in [6.45, 7) is 4.20. The molecule has 1 aromatic rings. The SMILES string of the molecule is CCOC(=O)C=CNc1ccc(C)cc1. The molecule has 3 heteroatoms. The van der Waals surface area contributed by atoms with Gasteiger partial charge in [-0.15, -0.1) is 0 Å². The molecule has 0 unspecified atom stereocenters. The molecule has 0 heterocycles. The van der Waals surface area contributed by atoms with Crippen LogP contribution in [-0.2, 0) is 9.53 Å². The van der Waals surface area contributed by atoms with E-state index in [1.807, 2.05) is 31.2 Å². The number of benzene rings is 1. The van der Waals surface area contributed by atoms with E-state index in [1.54, 1.807) is 13.1 Å². The lowest BCUT2D eigenvalue weighted by Crippen LogP contribution is -2.00. The molecule has 0 fully saturated rings. The molecule has 0 bridgehead atoms. The molecule has 0 aromatic heterocycles. The summed E-state index contributed by atoms with van der Waals surface area (Å²) >= 11 is 0. The van der Waals surface area contributed by atoms with Crippen LogP contribution in [0.15, 0.2) is 36.5 Å². The van der Waals surface area contributed by atoms with E-state index in [0.29, 0.717) is 6.61 Å². The Labute approximate surface area is 89.8 Å². The molecule has 0 atom stereocenters. The lowest BCUT2D eigenvalue weighted by Gasteiger charge is -2.00. The highest BCUT2D eigenvalue weighted by Crippen LogP contribution is 2.07. The van der Waals surface area contributed by atoms with Crippen molar-refractivity contribution in [2.24, 2.45) is 0 Å². The molecule has 0 saturated heterocycles. The zero-order chi connectivity index (χ0) is 11.1. The third-order valence-electron chi connectivity index (χ3n) is 1.81. The van der Waals surface area contributed by atoms with Gasteiger partial charge in [0.25, 0.3) is 0 Å². The van der Waals surface area contributed by atoms with Crippen molar-refractivity contribution in [1.82, 2.24) is 0 Å². The van der Waals surface area contributed by atoms with Gasteiger partial charge >= 0.3 is 5.97 Å². The van der Waals surface area contributed by atoms with Crippen LogP contribution in [-0.4, -0.2) is 12.6 Å². The van der Waals surface area contributed by atoms with Gasteiger partial charge in [0.1, 0.15) is 0 Å². The number of rotatable bonds is 4. The van der Waals surface area contributed by atoms with Gasteiger partial charge in [0.15, 0.2) is 0 Å². The summed E-state index contributed by atoms with van der Waals surface area (Å²) in [5.74, 6) is -0.336. The number of anilines is 1. The third kappa shape index (κ3) is 4.31. The Bertz CT molecular complexity index is 341. The molecule has 0 aliphatic rings. The maximum absolute atomic E-state index is 10.9. The monoisotopic (exact) mass is 205 g/mol. The molecule has 0 radical (unpaired) electrons. The molecule has 1 rings (SSSR count). The second-order valence-electron chi connectivity index (χ2n) is 3.10. The molecular formula is C12H15NO2. The van der Waals surface area contributed by atoms with Gasteiger partial charge in [0.2, 0.25) is 0 Å². The number of hydrogen-bond acceptors (Lipinski definition) is 3. The highest BCUT2D eigenvalue weighted by molar-refractivity contribution is 5.82. The first-order valence-corrected chi connectivity index (χ1v) is 4.89. The molecular weight excluding hydrogens is 190 g/mol. The Balaban J connectivity index is 2.43. The number of carbonyl (C=O) groups is 1. The summed E-state index contributed by atoms with van der Waals surface area (Å²) in [6, 6.07) is 7.90. The molecule has 0 aliphatic heterocycles. The Morgan fingerprint density at radius 1 is 1.40 bits per heavy atom. The van der Waals surface area contributed by atoms with Crippen LogP contribution in [0.1, 0.15) is 12.5 Å². The van der Waals surface area contributed by atoms with E-state index in [4.69, 9.17) is 4.74 Å². The second-order valence-corrected chi connectivity index (χ2v) is 3.10. The predicted octanol–water partition coefficient (Wildman–Crippen LogP) is 2.48. The lowest BCUT2D eigenvalue weighted by molar-refractivity contribution is -0.137. The average Bonchev–Trinajstić information content (AvgIpc) is 2.21. The highest BCUT2D eigenvalue weighted by Gasteiger charge is 1.92. The number of esters is 1. The summed E-state index contributed by atoms with van der Waals surface area (Å²) in [6.07, 6.45) is 2.94. The van der Waals surface area contributed by atoms with Crippen LogP contribution >= 0.6 is 0 Å². The minimum Gasteiger partial charge on any atom is -0.463 e. The van der Waals surface area contributed by atoms with Crippen LogP contribution in [0.2, 0.25) is 0 Å². The van der Waals surface area contributed by atoms with Crippen molar-refractivity contribution >= 4 is 11.7 Å². The Morgan fingerprint density at radius 2 is 2.07 bits per heavy atom. The predicted molar refractivity (Wildman–Crippen MR) is 60.6 cm³/mol. The number of ether oxygens (including phenoxy) is 1. The molecule has 3 nitrogen and oxygen atoms in total. The van der Waals surface area contributed by atoms with Crippen molar-refractivity contribution in [2.45, 2.75) is 13.8 Å². The quantitative estimate of drug-likeness (QED) is 0.606. The van der Waals surface area contributed by atoms with Gasteiger partial charge in [-0.25, -0.2) is 4.79 Å². The first-order chi connectivity index (χ1) is 7.22. The number of nitrogens with one attached hydrogen (secondary N) is 1. The summed E-state index contributed by atoms with van der Waals surface area (Å²) in [5.41, 5.74) is 2.15. The van der Waals surface area contributed by atoms with Gasteiger partial charge in [0.05, 0.1) is 6.61 Å². The van der Waals surface area contributed by atoms with Crippen LogP contribution in [0.4, 0.5) is 5.69 Å². The van der Waals surface area contributed by atoms with Gasteiger partial charge in [-0.1, -0.05) is 17.7 Å². The molecule has 0 amide bonds. The minimum atomic E-state index is -0.336. The second kappa shape index (κ2) is 5.86. The Kier molecular flexibility index (Phi) is 4.41. The van der Waals surface area contributed by atoms with E-state index in [9.17, 15) is 4.79 Å². The minimum absolute atomic E-state index is 0.336. The first kappa shape index (κ1) is 11.3. The first-order valence-electron chi connectivity index (χ1n) is 4.89. The molecule has 0 aliphatic carbocycles. The fourth-order valence-corrected chi connectivity index (χ4v) is 1.05. The van der Waals surface area contributed by atoms with Crippen LogP contribution in [0.5, 0.6) is 0 Å². The maximum Gasteiger partial charge on any atom is 0.332 e. The van der Waals surface area contributed by atoms with Gasteiger partial charge < -0.3 is 10.1 Å². The van der Waals surface area contributed by atoms with Crippen LogP contribution in [0, 0.1) is 6.92 Å². The number of hydrogen-bond donors (Lipinski definition) is 1. The summed E-state index contributed by atoms with van der Waals surface area (Å²) in [4.78, 5) is 10.9. The topological polar surface area (TPSA) is 38.3 Å². The summed E-state index contributed by atoms with van der Waals surface area (Å²) < 4.78 is 4.73. The number of aryl methyl sites for hydroxylation is 1. The highest BCUT2D eigenvalue weighted by atomic mass is 16.5. The Morgan fingerprint density at radius 3 is 2.67 bits per heavy atom.